The maximum Gasteiger partial charge on any atom is 0.308 e. The number of hydrogen-bond acceptors (Lipinski definition) is 4. The van der Waals surface area contributed by atoms with Crippen LogP contribution in [0.15, 0.2) is 0 Å². The van der Waals surface area contributed by atoms with Crippen LogP contribution >= 0.6 is 0 Å². The van der Waals surface area contributed by atoms with Crippen LogP contribution in [-0.4, -0.2) is 55.0 Å². The third kappa shape index (κ3) is 2.54. The summed E-state index contributed by atoms with van der Waals surface area (Å²) in [4.78, 5) is 13.2. The molecule has 2 rings (SSSR count). The molecule has 4 atom stereocenters. The standard InChI is InChI=1S/C12H21NO4S/c1-8-6-13(7-9(8)12(14)15)10-4-3-5-11(10)18(2,16)17/h8-11H,3-7H2,1-2H3,(H,14,15)/t8-,9-,10?,11?/m1/s1. The number of aliphatic carboxylic acids is 1. The largest absolute Gasteiger partial charge is 0.481 e. The van der Waals surface area contributed by atoms with Gasteiger partial charge in [-0.25, -0.2) is 8.42 Å². The molecule has 1 saturated heterocycles. The molecule has 2 unspecified atom stereocenters. The van der Waals surface area contributed by atoms with E-state index in [1.807, 2.05) is 6.92 Å². The Bertz CT molecular complexity index is 433. The molecule has 0 amide bonds. The van der Waals surface area contributed by atoms with Gasteiger partial charge in [-0.15, -0.1) is 0 Å². The van der Waals surface area contributed by atoms with Gasteiger partial charge in [-0.2, -0.15) is 0 Å². The molecule has 6 heteroatoms. The molecular weight excluding hydrogens is 254 g/mol. The Hall–Kier alpha value is -0.620. The van der Waals surface area contributed by atoms with Crippen molar-refractivity contribution in [3.05, 3.63) is 0 Å². The molecule has 5 nitrogen and oxygen atoms in total. The van der Waals surface area contributed by atoms with Gasteiger partial charge >= 0.3 is 5.97 Å². The number of likely N-dealkylation sites (tertiary alicyclic amines) is 1. The van der Waals surface area contributed by atoms with Gasteiger partial charge in [-0.3, -0.25) is 9.69 Å². The Morgan fingerprint density at radius 3 is 2.44 bits per heavy atom. The Labute approximate surface area is 108 Å². The summed E-state index contributed by atoms with van der Waals surface area (Å²) in [5.74, 6) is -1.02. The molecule has 1 saturated carbocycles. The van der Waals surface area contributed by atoms with Crippen molar-refractivity contribution < 1.29 is 18.3 Å². The zero-order valence-electron chi connectivity index (χ0n) is 10.9. The highest BCUT2D eigenvalue weighted by Gasteiger charge is 2.44. The van der Waals surface area contributed by atoms with Crippen molar-refractivity contribution in [3.8, 4) is 0 Å². The summed E-state index contributed by atoms with van der Waals surface area (Å²) in [6.45, 7) is 3.13. The third-order valence-electron chi connectivity index (χ3n) is 4.39. The molecule has 0 bridgehead atoms. The first-order valence-corrected chi connectivity index (χ1v) is 8.42. The second-order valence-corrected chi connectivity index (χ2v) is 8.01. The highest BCUT2D eigenvalue weighted by atomic mass is 32.2. The summed E-state index contributed by atoms with van der Waals surface area (Å²) in [5, 5.41) is 8.82. The van der Waals surface area contributed by atoms with Crippen molar-refractivity contribution in [2.75, 3.05) is 19.3 Å². The fourth-order valence-electron chi connectivity index (χ4n) is 3.42. The zero-order chi connectivity index (χ0) is 13.5. The summed E-state index contributed by atoms with van der Waals surface area (Å²) >= 11 is 0. The second kappa shape index (κ2) is 4.81. The van der Waals surface area contributed by atoms with Gasteiger partial charge in [-0.1, -0.05) is 13.3 Å². The van der Waals surface area contributed by atoms with Gasteiger partial charge in [0, 0.05) is 25.4 Å². The van der Waals surface area contributed by atoms with Crippen molar-refractivity contribution in [1.82, 2.24) is 4.90 Å². The first kappa shape index (κ1) is 13.8. The SMILES string of the molecule is C[C@@H]1CN(C2CCCC2S(C)(=O)=O)C[C@H]1C(=O)O. The summed E-state index contributed by atoms with van der Waals surface area (Å²) in [6, 6.07) is 0.0202. The summed E-state index contributed by atoms with van der Waals surface area (Å²) in [7, 11) is -3.03. The smallest absolute Gasteiger partial charge is 0.308 e. The van der Waals surface area contributed by atoms with Crippen molar-refractivity contribution in [2.24, 2.45) is 11.8 Å². The van der Waals surface area contributed by atoms with E-state index in [9.17, 15) is 13.2 Å². The van der Waals surface area contributed by atoms with Gasteiger partial charge in [0.1, 0.15) is 0 Å². The van der Waals surface area contributed by atoms with Gasteiger partial charge in [0.25, 0.3) is 0 Å². The highest BCUT2D eigenvalue weighted by molar-refractivity contribution is 7.91. The molecule has 2 aliphatic rings. The predicted molar refractivity (Wildman–Crippen MR) is 68.1 cm³/mol. The Balaban J connectivity index is 2.11. The lowest BCUT2D eigenvalue weighted by atomic mass is 9.99. The average molecular weight is 275 g/mol. The minimum atomic E-state index is -3.03. The number of sulfone groups is 1. The average Bonchev–Trinajstić information content (AvgIpc) is 2.80. The minimum Gasteiger partial charge on any atom is -0.481 e. The van der Waals surface area contributed by atoms with E-state index in [1.54, 1.807) is 0 Å². The fourth-order valence-corrected chi connectivity index (χ4v) is 4.89. The monoisotopic (exact) mass is 275 g/mol. The van der Waals surface area contributed by atoms with Crippen LogP contribution in [0.4, 0.5) is 0 Å². The van der Waals surface area contributed by atoms with Gasteiger partial charge < -0.3 is 5.11 Å². The van der Waals surface area contributed by atoms with Crippen LogP contribution in [0.1, 0.15) is 26.2 Å². The lowest BCUT2D eigenvalue weighted by molar-refractivity contribution is -0.142. The van der Waals surface area contributed by atoms with Crippen molar-refractivity contribution in [2.45, 2.75) is 37.5 Å². The molecule has 1 aliphatic heterocycles. The van der Waals surface area contributed by atoms with Crippen LogP contribution in [-0.2, 0) is 14.6 Å². The van der Waals surface area contributed by atoms with E-state index in [4.69, 9.17) is 5.11 Å². The molecule has 104 valence electrons. The minimum absolute atomic E-state index is 0.0202. The first-order valence-electron chi connectivity index (χ1n) is 6.46. The first-order chi connectivity index (χ1) is 8.30. The number of hydrogen-bond donors (Lipinski definition) is 1. The van der Waals surface area contributed by atoms with Crippen LogP contribution in [0.25, 0.3) is 0 Å². The quantitative estimate of drug-likeness (QED) is 0.816. The van der Waals surface area contributed by atoms with Gasteiger partial charge in [0.15, 0.2) is 9.84 Å². The van der Waals surface area contributed by atoms with Crippen LogP contribution in [0.2, 0.25) is 0 Å². The fraction of sp³-hybridized carbons (Fsp3) is 0.917. The Morgan fingerprint density at radius 1 is 1.28 bits per heavy atom. The van der Waals surface area contributed by atoms with Crippen LogP contribution in [0.3, 0.4) is 0 Å². The predicted octanol–water partition coefficient (Wildman–Crippen LogP) is 0.605. The van der Waals surface area contributed by atoms with E-state index >= 15 is 0 Å². The summed E-state index contributed by atoms with van der Waals surface area (Å²) in [6.07, 6.45) is 3.80. The van der Waals surface area contributed by atoms with E-state index < -0.39 is 15.8 Å². The van der Waals surface area contributed by atoms with Gasteiger partial charge in [-0.05, 0) is 18.8 Å². The van der Waals surface area contributed by atoms with Crippen molar-refractivity contribution in [1.29, 1.82) is 0 Å². The number of nitrogens with zero attached hydrogens (tertiary/aromatic N) is 1. The highest BCUT2D eigenvalue weighted by Crippen LogP contribution is 2.34. The Kier molecular flexibility index (Phi) is 3.69. The molecule has 1 aliphatic carbocycles. The summed E-state index contributed by atoms with van der Waals surface area (Å²) < 4.78 is 23.5. The van der Waals surface area contributed by atoms with Crippen LogP contribution in [0.5, 0.6) is 0 Å². The van der Waals surface area contributed by atoms with E-state index in [-0.39, 0.29) is 23.1 Å². The molecule has 0 aromatic rings. The molecule has 0 radical (unpaired) electrons. The van der Waals surface area contributed by atoms with Gasteiger partial charge in [0.2, 0.25) is 0 Å². The number of carbonyl (C=O) groups is 1. The molecule has 0 spiro atoms. The molecule has 0 aromatic heterocycles. The summed E-state index contributed by atoms with van der Waals surface area (Å²) in [5.41, 5.74) is 0. The van der Waals surface area contributed by atoms with Crippen molar-refractivity contribution >= 4 is 15.8 Å². The van der Waals surface area contributed by atoms with E-state index in [0.29, 0.717) is 19.5 Å². The zero-order valence-corrected chi connectivity index (χ0v) is 11.7. The molecule has 0 aromatic carbocycles. The molecular formula is C12H21NO4S. The van der Waals surface area contributed by atoms with Gasteiger partial charge in [0.05, 0.1) is 11.2 Å². The van der Waals surface area contributed by atoms with Crippen LogP contribution < -0.4 is 0 Å². The third-order valence-corrected chi connectivity index (χ3v) is 6.04. The second-order valence-electron chi connectivity index (χ2n) is 5.74. The number of carboxylic acids is 1. The molecule has 1 N–H and O–H groups in total. The normalized spacial score (nSPS) is 38.1. The Morgan fingerprint density at radius 2 is 1.94 bits per heavy atom. The van der Waals surface area contributed by atoms with Crippen LogP contribution in [0, 0.1) is 11.8 Å². The molecule has 18 heavy (non-hydrogen) atoms. The lowest BCUT2D eigenvalue weighted by Crippen LogP contribution is -2.42. The topological polar surface area (TPSA) is 74.7 Å². The van der Waals surface area contributed by atoms with Crippen molar-refractivity contribution in [3.63, 3.8) is 0 Å². The lowest BCUT2D eigenvalue weighted by Gasteiger charge is -2.28. The molecule has 2 fully saturated rings. The van der Waals surface area contributed by atoms with E-state index in [2.05, 4.69) is 4.90 Å². The van der Waals surface area contributed by atoms with E-state index in [1.165, 1.54) is 6.26 Å². The molecule has 1 heterocycles. The number of carboxylic acid groups (broad SMARTS) is 1. The number of rotatable bonds is 3. The van der Waals surface area contributed by atoms with E-state index in [0.717, 1.165) is 12.8 Å². The maximum atomic E-state index is 11.8. The maximum absolute atomic E-state index is 11.8.